The molecule has 1 amide bonds. The van der Waals surface area contributed by atoms with E-state index in [1.165, 1.54) is 24.3 Å². The minimum Gasteiger partial charge on any atom is -0.336 e. The second kappa shape index (κ2) is 8.26. The highest BCUT2D eigenvalue weighted by atomic mass is 19.4. The fraction of sp³-hybridized carbons (Fsp3) is 0.304. The van der Waals surface area contributed by atoms with E-state index in [-0.39, 0.29) is 11.7 Å². The Labute approximate surface area is 177 Å². The summed E-state index contributed by atoms with van der Waals surface area (Å²) in [6.07, 6.45) is -4.34. The highest BCUT2D eigenvalue weighted by Gasteiger charge is 2.30. The van der Waals surface area contributed by atoms with Gasteiger partial charge >= 0.3 is 6.18 Å². The van der Waals surface area contributed by atoms with Gasteiger partial charge in [0.05, 0.1) is 22.3 Å². The third-order valence-corrected chi connectivity index (χ3v) is 5.55. The lowest BCUT2D eigenvalue weighted by Crippen LogP contribution is -2.48. The summed E-state index contributed by atoms with van der Waals surface area (Å²) in [4.78, 5) is 21.2. The quantitative estimate of drug-likeness (QED) is 0.566. The summed E-state index contributed by atoms with van der Waals surface area (Å²) < 4.78 is 51.5. The third-order valence-electron chi connectivity index (χ3n) is 5.55. The number of piperazine rings is 1. The minimum atomic E-state index is -4.34. The fourth-order valence-corrected chi connectivity index (χ4v) is 3.79. The number of carbonyl (C=O) groups is 1. The smallest absolute Gasteiger partial charge is 0.336 e. The van der Waals surface area contributed by atoms with Crippen LogP contribution in [0.4, 0.5) is 17.6 Å². The number of nitrogens with zero attached hydrogens (tertiary/aromatic N) is 3. The van der Waals surface area contributed by atoms with Gasteiger partial charge in [-0.1, -0.05) is 12.1 Å². The minimum absolute atomic E-state index is 0.120. The van der Waals surface area contributed by atoms with Gasteiger partial charge in [0.1, 0.15) is 5.82 Å². The molecule has 0 saturated carbocycles. The lowest BCUT2D eigenvalue weighted by atomic mass is 10.1. The van der Waals surface area contributed by atoms with E-state index >= 15 is 0 Å². The first-order valence-corrected chi connectivity index (χ1v) is 9.95. The van der Waals surface area contributed by atoms with Gasteiger partial charge in [0.2, 0.25) is 0 Å². The molecule has 1 fully saturated rings. The van der Waals surface area contributed by atoms with E-state index in [1.807, 2.05) is 0 Å². The largest absolute Gasteiger partial charge is 0.416 e. The Morgan fingerprint density at radius 2 is 1.68 bits per heavy atom. The van der Waals surface area contributed by atoms with Gasteiger partial charge in [0.25, 0.3) is 5.91 Å². The molecule has 0 spiro atoms. The van der Waals surface area contributed by atoms with Crippen LogP contribution in [0.5, 0.6) is 0 Å². The Hall–Kier alpha value is -3.00. The molecule has 162 valence electrons. The molecule has 2 heterocycles. The Kier molecular flexibility index (Phi) is 5.66. The van der Waals surface area contributed by atoms with Gasteiger partial charge in [-0.15, -0.1) is 0 Å². The zero-order valence-electron chi connectivity index (χ0n) is 16.9. The van der Waals surface area contributed by atoms with E-state index in [1.54, 1.807) is 24.0 Å². The molecule has 2 aromatic carbocycles. The van der Waals surface area contributed by atoms with Crippen molar-refractivity contribution in [2.24, 2.45) is 0 Å². The van der Waals surface area contributed by atoms with Gasteiger partial charge < -0.3 is 4.90 Å². The average molecular weight is 431 g/mol. The first-order valence-electron chi connectivity index (χ1n) is 9.95. The van der Waals surface area contributed by atoms with E-state index in [4.69, 9.17) is 0 Å². The molecular formula is C23H21F4N3O. The number of rotatable bonds is 3. The molecule has 1 saturated heterocycles. The van der Waals surface area contributed by atoms with Crippen LogP contribution in [-0.2, 0) is 12.7 Å². The zero-order chi connectivity index (χ0) is 22.2. The molecule has 0 aliphatic carbocycles. The zero-order valence-corrected chi connectivity index (χ0v) is 16.9. The van der Waals surface area contributed by atoms with Crippen molar-refractivity contribution in [2.75, 3.05) is 26.2 Å². The van der Waals surface area contributed by atoms with Gasteiger partial charge in [0.15, 0.2) is 0 Å². The molecule has 4 nitrogen and oxygen atoms in total. The topological polar surface area (TPSA) is 36.4 Å². The van der Waals surface area contributed by atoms with Gasteiger partial charge in [-0.05, 0) is 42.8 Å². The normalized spacial score (nSPS) is 15.5. The summed E-state index contributed by atoms with van der Waals surface area (Å²) in [5, 5.41) is 0.705. The molecule has 3 aromatic rings. The molecule has 0 bridgehead atoms. The van der Waals surface area contributed by atoms with E-state index in [0.717, 1.165) is 17.7 Å². The van der Waals surface area contributed by atoms with E-state index < -0.39 is 11.7 Å². The predicted molar refractivity (Wildman–Crippen MR) is 109 cm³/mol. The van der Waals surface area contributed by atoms with Crippen LogP contribution >= 0.6 is 0 Å². The molecule has 1 aromatic heterocycles. The van der Waals surface area contributed by atoms with Crippen molar-refractivity contribution in [3.8, 4) is 0 Å². The molecule has 4 rings (SSSR count). The molecule has 1 aliphatic rings. The number of aryl methyl sites for hydroxylation is 1. The molecule has 1 aliphatic heterocycles. The van der Waals surface area contributed by atoms with Crippen molar-refractivity contribution < 1.29 is 22.4 Å². The Morgan fingerprint density at radius 1 is 1.00 bits per heavy atom. The van der Waals surface area contributed by atoms with Crippen LogP contribution < -0.4 is 0 Å². The highest BCUT2D eigenvalue weighted by molar-refractivity contribution is 5.98. The summed E-state index contributed by atoms with van der Waals surface area (Å²) >= 11 is 0. The second-order valence-corrected chi connectivity index (χ2v) is 7.72. The number of aromatic nitrogens is 1. The van der Waals surface area contributed by atoms with Crippen molar-refractivity contribution in [2.45, 2.75) is 19.6 Å². The lowest BCUT2D eigenvalue weighted by Gasteiger charge is -2.35. The average Bonchev–Trinajstić information content (AvgIpc) is 2.73. The standard InChI is InChI=1S/C23H21F4N3O/c1-15-20(12-17-4-7-19(24)13-21(17)28-15)22(31)30-10-8-29(9-11-30)14-16-2-5-18(6-3-16)23(25,26)27/h2-7,12-13H,8-11,14H2,1H3. The molecule has 0 radical (unpaired) electrons. The highest BCUT2D eigenvalue weighted by Crippen LogP contribution is 2.29. The predicted octanol–water partition coefficient (Wildman–Crippen LogP) is 4.66. The Bertz CT molecular complexity index is 1100. The number of amides is 1. The maximum absolute atomic E-state index is 13.4. The Morgan fingerprint density at radius 3 is 2.32 bits per heavy atom. The number of benzene rings is 2. The number of hydrogen-bond donors (Lipinski definition) is 0. The summed E-state index contributed by atoms with van der Waals surface area (Å²) in [5.41, 5.74) is 1.70. The van der Waals surface area contributed by atoms with Crippen molar-refractivity contribution in [1.29, 1.82) is 0 Å². The third kappa shape index (κ3) is 4.69. The van der Waals surface area contributed by atoms with Gasteiger partial charge in [0, 0.05) is 44.2 Å². The number of pyridine rings is 1. The van der Waals surface area contributed by atoms with Crippen LogP contribution in [-0.4, -0.2) is 46.9 Å². The number of halogens is 4. The monoisotopic (exact) mass is 431 g/mol. The number of hydrogen-bond acceptors (Lipinski definition) is 3. The Balaban J connectivity index is 1.39. The van der Waals surface area contributed by atoms with Crippen LogP contribution in [0.25, 0.3) is 10.9 Å². The summed E-state index contributed by atoms with van der Waals surface area (Å²) in [6.45, 7) is 4.54. The van der Waals surface area contributed by atoms with Crippen molar-refractivity contribution in [3.63, 3.8) is 0 Å². The number of carbonyl (C=O) groups excluding carboxylic acids is 1. The first kappa shape index (κ1) is 21.2. The SMILES string of the molecule is Cc1nc2cc(F)ccc2cc1C(=O)N1CCN(Cc2ccc(C(F)(F)F)cc2)CC1. The second-order valence-electron chi connectivity index (χ2n) is 7.72. The maximum Gasteiger partial charge on any atom is 0.416 e. The van der Waals surface area contributed by atoms with E-state index in [9.17, 15) is 22.4 Å². The van der Waals surface area contributed by atoms with Gasteiger partial charge in [-0.25, -0.2) is 4.39 Å². The summed E-state index contributed by atoms with van der Waals surface area (Å²) in [7, 11) is 0. The van der Waals surface area contributed by atoms with Crippen molar-refractivity contribution >= 4 is 16.8 Å². The van der Waals surface area contributed by atoms with Crippen molar-refractivity contribution in [1.82, 2.24) is 14.8 Å². The van der Waals surface area contributed by atoms with Crippen LogP contribution in [0.1, 0.15) is 27.2 Å². The van der Waals surface area contributed by atoms with Crippen LogP contribution in [0, 0.1) is 12.7 Å². The number of fused-ring (bicyclic) bond motifs is 1. The van der Waals surface area contributed by atoms with Crippen molar-refractivity contribution in [3.05, 3.63) is 76.7 Å². The molecule has 31 heavy (non-hydrogen) atoms. The molecule has 0 atom stereocenters. The molecule has 8 heteroatoms. The van der Waals surface area contributed by atoms with Crippen LogP contribution in [0.2, 0.25) is 0 Å². The van der Waals surface area contributed by atoms with E-state index in [2.05, 4.69) is 9.88 Å². The molecule has 0 N–H and O–H groups in total. The first-order chi connectivity index (χ1) is 14.7. The van der Waals surface area contributed by atoms with Gasteiger partial charge in [-0.2, -0.15) is 13.2 Å². The number of alkyl halides is 3. The van der Waals surface area contributed by atoms with Crippen LogP contribution in [0.3, 0.4) is 0 Å². The summed E-state index contributed by atoms with van der Waals surface area (Å²) in [6, 6.07) is 11.2. The fourth-order valence-electron chi connectivity index (χ4n) is 3.79. The van der Waals surface area contributed by atoms with Gasteiger partial charge in [-0.3, -0.25) is 14.7 Å². The van der Waals surface area contributed by atoms with E-state index in [0.29, 0.717) is 54.9 Å². The maximum atomic E-state index is 13.4. The summed E-state index contributed by atoms with van der Waals surface area (Å²) in [5.74, 6) is -0.493. The molecular weight excluding hydrogens is 410 g/mol. The lowest BCUT2D eigenvalue weighted by molar-refractivity contribution is -0.137. The molecule has 0 unspecified atom stereocenters. The van der Waals surface area contributed by atoms with Crippen LogP contribution in [0.15, 0.2) is 48.5 Å².